The molecule has 0 saturated heterocycles. The van der Waals surface area contributed by atoms with E-state index in [2.05, 4.69) is 10.2 Å². The summed E-state index contributed by atoms with van der Waals surface area (Å²) in [6.45, 7) is 1.91. The van der Waals surface area contributed by atoms with Crippen LogP contribution >= 0.6 is 0 Å². The van der Waals surface area contributed by atoms with Crippen molar-refractivity contribution >= 4 is 22.3 Å². The Balaban J connectivity index is 2.04. The highest BCUT2D eigenvalue weighted by atomic mass is 16.4. The van der Waals surface area contributed by atoms with Gasteiger partial charge in [-0.15, -0.1) is 0 Å². The molecule has 0 atom stereocenters. The zero-order chi connectivity index (χ0) is 13.9. The summed E-state index contributed by atoms with van der Waals surface area (Å²) < 4.78 is 5.13. The van der Waals surface area contributed by atoms with Gasteiger partial charge in [-0.25, -0.2) is 4.79 Å². The summed E-state index contributed by atoms with van der Waals surface area (Å²) in [5.41, 5.74) is 2.68. The van der Waals surface area contributed by atoms with E-state index in [9.17, 15) is 4.79 Å². The number of nitrogens with zero attached hydrogens (tertiary/aromatic N) is 2. The maximum atomic E-state index is 11.2. The molecular formula is C16H12N2O2. The second kappa shape index (κ2) is 5.09. The summed E-state index contributed by atoms with van der Waals surface area (Å²) in [5.74, 6) is 0. The third-order valence-corrected chi connectivity index (χ3v) is 2.97. The van der Waals surface area contributed by atoms with Gasteiger partial charge in [-0.2, -0.15) is 10.2 Å². The largest absolute Gasteiger partial charge is 0.423 e. The monoisotopic (exact) mass is 264 g/mol. The van der Waals surface area contributed by atoms with Crippen molar-refractivity contribution in [2.45, 2.75) is 6.92 Å². The van der Waals surface area contributed by atoms with Crippen molar-refractivity contribution < 1.29 is 4.42 Å². The van der Waals surface area contributed by atoms with Crippen molar-refractivity contribution in [2.75, 3.05) is 0 Å². The van der Waals surface area contributed by atoms with E-state index in [0.717, 1.165) is 22.3 Å². The van der Waals surface area contributed by atoms with Crippen LogP contribution in [0.3, 0.4) is 0 Å². The van der Waals surface area contributed by atoms with Crippen LogP contribution < -0.4 is 5.63 Å². The third-order valence-electron chi connectivity index (χ3n) is 2.97. The zero-order valence-corrected chi connectivity index (χ0v) is 10.9. The van der Waals surface area contributed by atoms with Crippen molar-refractivity contribution in [3.05, 3.63) is 70.6 Å². The minimum absolute atomic E-state index is 0.351. The Kier molecular flexibility index (Phi) is 3.13. The van der Waals surface area contributed by atoms with E-state index in [1.165, 1.54) is 6.07 Å². The SMILES string of the molecule is Cc1cc2oc(=O)ccc2cc1N=Nc1ccccc1. The van der Waals surface area contributed by atoms with Gasteiger partial charge >= 0.3 is 5.63 Å². The second-order valence-electron chi connectivity index (χ2n) is 4.47. The lowest BCUT2D eigenvalue weighted by Gasteiger charge is -2.01. The lowest BCUT2D eigenvalue weighted by Crippen LogP contribution is -1.94. The number of benzene rings is 2. The zero-order valence-electron chi connectivity index (χ0n) is 10.9. The molecule has 0 aliphatic heterocycles. The van der Waals surface area contributed by atoms with Crippen molar-refractivity contribution in [3.8, 4) is 0 Å². The molecule has 1 heterocycles. The summed E-state index contributed by atoms with van der Waals surface area (Å²) in [6, 6.07) is 16.3. The van der Waals surface area contributed by atoms with Gasteiger partial charge in [-0.3, -0.25) is 0 Å². The molecule has 0 radical (unpaired) electrons. The minimum Gasteiger partial charge on any atom is -0.423 e. The van der Waals surface area contributed by atoms with Gasteiger partial charge in [0, 0.05) is 11.5 Å². The predicted octanol–water partition coefficient (Wildman–Crippen LogP) is 4.52. The molecule has 0 unspecified atom stereocenters. The van der Waals surface area contributed by atoms with Gasteiger partial charge in [0.1, 0.15) is 5.58 Å². The fourth-order valence-corrected chi connectivity index (χ4v) is 1.92. The summed E-state index contributed by atoms with van der Waals surface area (Å²) in [7, 11) is 0. The third kappa shape index (κ3) is 2.49. The standard InChI is InChI=1S/C16H12N2O2/c1-11-9-15-12(7-8-16(19)20-15)10-14(11)18-17-13-5-3-2-4-6-13/h2-10H,1H3. The highest BCUT2D eigenvalue weighted by Gasteiger charge is 2.03. The highest BCUT2D eigenvalue weighted by molar-refractivity contribution is 5.81. The number of hydrogen-bond acceptors (Lipinski definition) is 4. The van der Waals surface area contributed by atoms with Crippen LogP contribution in [0.25, 0.3) is 11.0 Å². The van der Waals surface area contributed by atoms with Crippen molar-refractivity contribution in [2.24, 2.45) is 10.2 Å². The smallest absolute Gasteiger partial charge is 0.336 e. The Bertz CT molecular complexity index is 836. The Labute approximate surface area is 115 Å². The molecular weight excluding hydrogens is 252 g/mol. The molecule has 98 valence electrons. The molecule has 3 rings (SSSR count). The molecule has 4 heteroatoms. The molecule has 4 nitrogen and oxygen atoms in total. The van der Waals surface area contributed by atoms with E-state index in [-0.39, 0.29) is 5.63 Å². The number of rotatable bonds is 2. The number of aryl methyl sites for hydroxylation is 1. The van der Waals surface area contributed by atoms with E-state index < -0.39 is 0 Å². The van der Waals surface area contributed by atoms with Crippen molar-refractivity contribution in [3.63, 3.8) is 0 Å². The molecule has 3 aromatic rings. The topological polar surface area (TPSA) is 54.9 Å². The first kappa shape index (κ1) is 12.3. The molecule has 0 N–H and O–H groups in total. The molecule has 0 saturated carbocycles. The fourth-order valence-electron chi connectivity index (χ4n) is 1.92. The summed E-state index contributed by atoms with van der Waals surface area (Å²) in [6.07, 6.45) is 0. The van der Waals surface area contributed by atoms with Gasteiger partial charge in [-0.1, -0.05) is 18.2 Å². The van der Waals surface area contributed by atoms with E-state index in [1.54, 1.807) is 12.1 Å². The first-order valence-electron chi connectivity index (χ1n) is 6.24. The molecule has 1 aromatic heterocycles. The maximum Gasteiger partial charge on any atom is 0.336 e. The Morgan fingerprint density at radius 1 is 0.950 bits per heavy atom. The van der Waals surface area contributed by atoms with Crippen LogP contribution in [0, 0.1) is 6.92 Å². The van der Waals surface area contributed by atoms with Crippen LogP contribution in [-0.2, 0) is 0 Å². The van der Waals surface area contributed by atoms with Gasteiger partial charge in [0.15, 0.2) is 0 Å². The Morgan fingerprint density at radius 2 is 1.75 bits per heavy atom. The highest BCUT2D eigenvalue weighted by Crippen LogP contribution is 2.26. The predicted molar refractivity (Wildman–Crippen MR) is 77.8 cm³/mol. The van der Waals surface area contributed by atoms with Crippen LogP contribution in [0.15, 0.2) is 74.0 Å². The lowest BCUT2D eigenvalue weighted by molar-refractivity contribution is 0.561. The van der Waals surface area contributed by atoms with Gasteiger partial charge in [0.25, 0.3) is 0 Å². The van der Waals surface area contributed by atoms with Crippen LogP contribution in [0.5, 0.6) is 0 Å². The average molecular weight is 264 g/mol. The fraction of sp³-hybridized carbons (Fsp3) is 0.0625. The summed E-state index contributed by atoms with van der Waals surface area (Å²) >= 11 is 0. The summed E-state index contributed by atoms with van der Waals surface area (Å²) in [5, 5.41) is 9.28. The molecule has 0 amide bonds. The lowest BCUT2D eigenvalue weighted by atomic mass is 10.1. The number of azo groups is 1. The van der Waals surface area contributed by atoms with Crippen LogP contribution in [0.1, 0.15) is 5.56 Å². The quantitative estimate of drug-likeness (QED) is 0.505. The van der Waals surface area contributed by atoms with Gasteiger partial charge in [-0.05, 0) is 42.8 Å². The Morgan fingerprint density at radius 3 is 2.55 bits per heavy atom. The molecule has 0 spiro atoms. The van der Waals surface area contributed by atoms with E-state index in [0.29, 0.717) is 5.58 Å². The number of fused-ring (bicyclic) bond motifs is 1. The van der Waals surface area contributed by atoms with E-state index in [4.69, 9.17) is 4.42 Å². The second-order valence-corrected chi connectivity index (χ2v) is 4.47. The first-order valence-corrected chi connectivity index (χ1v) is 6.24. The van der Waals surface area contributed by atoms with Gasteiger partial charge in [0.05, 0.1) is 11.4 Å². The molecule has 0 aliphatic carbocycles. The first-order chi connectivity index (χ1) is 9.72. The molecule has 20 heavy (non-hydrogen) atoms. The molecule has 0 fully saturated rings. The maximum absolute atomic E-state index is 11.2. The van der Waals surface area contributed by atoms with Crippen LogP contribution in [0.4, 0.5) is 11.4 Å². The minimum atomic E-state index is -0.351. The normalized spacial score (nSPS) is 11.2. The van der Waals surface area contributed by atoms with Gasteiger partial charge in [0.2, 0.25) is 0 Å². The molecule has 2 aromatic carbocycles. The number of hydrogen-bond donors (Lipinski definition) is 0. The summed E-state index contributed by atoms with van der Waals surface area (Å²) in [4.78, 5) is 11.2. The average Bonchev–Trinajstić information content (AvgIpc) is 2.46. The van der Waals surface area contributed by atoms with Crippen molar-refractivity contribution in [1.29, 1.82) is 0 Å². The molecule has 0 aliphatic rings. The van der Waals surface area contributed by atoms with Crippen LogP contribution in [-0.4, -0.2) is 0 Å². The van der Waals surface area contributed by atoms with E-state index in [1.807, 2.05) is 43.3 Å². The molecule has 0 bridgehead atoms. The van der Waals surface area contributed by atoms with Gasteiger partial charge < -0.3 is 4.42 Å². The van der Waals surface area contributed by atoms with Crippen molar-refractivity contribution in [1.82, 2.24) is 0 Å². The van der Waals surface area contributed by atoms with Crippen LogP contribution in [0.2, 0.25) is 0 Å². The Hall–Kier alpha value is -2.75. The van der Waals surface area contributed by atoms with E-state index >= 15 is 0 Å².